The number of nitrogens with two attached hydrogens (primary N) is 1. The van der Waals surface area contributed by atoms with E-state index in [0.29, 0.717) is 5.56 Å². The van der Waals surface area contributed by atoms with Gasteiger partial charge >= 0.3 is 0 Å². The van der Waals surface area contributed by atoms with Gasteiger partial charge in [0, 0.05) is 17.0 Å². The molecule has 0 fully saturated rings. The maximum Gasteiger partial charge on any atom is 0.128 e. The van der Waals surface area contributed by atoms with E-state index in [9.17, 15) is 4.39 Å². The molecule has 2 N–H and O–H groups in total. The first-order valence-electron chi connectivity index (χ1n) is 6.92. The molecule has 0 heterocycles. The van der Waals surface area contributed by atoms with E-state index in [-0.39, 0.29) is 17.3 Å². The second-order valence-electron chi connectivity index (χ2n) is 6.04. The highest BCUT2D eigenvalue weighted by molar-refractivity contribution is 5.38. The summed E-state index contributed by atoms with van der Waals surface area (Å²) in [5.41, 5.74) is 9.66. The average molecular weight is 271 g/mol. The summed E-state index contributed by atoms with van der Waals surface area (Å²) in [5.74, 6) is -0.209. The maximum absolute atomic E-state index is 14.3. The van der Waals surface area contributed by atoms with Gasteiger partial charge in [0.2, 0.25) is 0 Å². The van der Waals surface area contributed by atoms with Crippen LogP contribution in [0.3, 0.4) is 0 Å². The fourth-order valence-electron chi connectivity index (χ4n) is 2.73. The van der Waals surface area contributed by atoms with Gasteiger partial charge in [0.05, 0.1) is 0 Å². The maximum atomic E-state index is 14.3. The van der Waals surface area contributed by atoms with Gasteiger partial charge < -0.3 is 5.73 Å². The highest BCUT2D eigenvalue weighted by Crippen LogP contribution is 2.37. The summed E-state index contributed by atoms with van der Waals surface area (Å²) in [6.45, 7) is 7.94. The van der Waals surface area contributed by atoms with Crippen LogP contribution in [0.5, 0.6) is 0 Å². The van der Waals surface area contributed by atoms with Crippen molar-refractivity contribution in [1.29, 1.82) is 0 Å². The third-order valence-electron chi connectivity index (χ3n) is 4.09. The number of halogens is 1. The smallest absolute Gasteiger partial charge is 0.128 e. The van der Waals surface area contributed by atoms with Gasteiger partial charge in [-0.2, -0.15) is 0 Å². The van der Waals surface area contributed by atoms with Crippen LogP contribution in [0.15, 0.2) is 42.5 Å². The van der Waals surface area contributed by atoms with Crippen LogP contribution in [0.4, 0.5) is 4.39 Å². The first-order valence-corrected chi connectivity index (χ1v) is 6.92. The molecule has 1 atom stereocenters. The van der Waals surface area contributed by atoms with E-state index in [4.69, 9.17) is 5.73 Å². The van der Waals surface area contributed by atoms with Gasteiger partial charge in [-0.1, -0.05) is 50.2 Å². The van der Waals surface area contributed by atoms with Crippen molar-refractivity contribution in [2.45, 2.75) is 39.2 Å². The first kappa shape index (κ1) is 14.7. The van der Waals surface area contributed by atoms with Crippen molar-refractivity contribution in [3.63, 3.8) is 0 Å². The minimum atomic E-state index is -0.384. The molecule has 1 unspecified atom stereocenters. The second kappa shape index (κ2) is 5.37. The third-order valence-corrected chi connectivity index (χ3v) is 4.09. The fourth-order valence-corrected chi connectivity index (χ4v) is 2.73. The zero-order chi connectivity index (χ0) is 14.9. The SMILES string of the molecule is Cc1cc(C)c(C(N)C(C)(C)c2ccccc2)c(F)c1. The Morgan fingerprint density at radius 3 is 2.20 bits per heavy atom. The fraction of sp³-hybridized carbons (Fsp3) is 0.333. The van der Waals surface area contributed by atoms with Crippen LogP contribution in [0.1, 0.15) is 42.1 Å². The van der Waals surface area contributed by atoms with Gasteiger partial charge in [-0.15, -0.1) is 0 Å². The molecular formula is C18H22FN. The van der Waals surface area contributed by atoms with E-state index in [0.717, 1.165) is 16.7 Å². The third kappa shape index (κ3) is 2.61. The van der Waals surface area contributed by atoms with Crippen LogP contribution in [0, 0.1) is 19.7 Å². The molecule has 0 aliphatic heterocycles. The van der Waals surface area contributed by atoms with Crippen LogP contribution in [0.25, 0.3) is 0 Å². The van der Waals surface area contributed by atoms with Gasteiger partial charge in [0.25, 0.3) is 0 Å². The Morgan fingerprint density at radius 2 is 1.65 bits per heavy atom. The van der Waals surface area contributed by atoms with Crippen LogP contribution in [-0.4, -0.2) is 0 Å². The molecule has 1 nitrogen and oxygen atoms in total. The molecule has 0 aliphatic rings. The Kier molecular flexibility index (Phi) is 3.96. The van der Waals surface area contributed by atoms with E-state index >= 15 is 0 Å². The van der Waals surface area contributed by atoms with Crippen molar-refractivity contribution in [2.24, 2.45) is 5.73 Å². The van der Waals surface area contributed by atoms with Crippen molar-refractivity contribution >= 4 is 0 Å². The quantitative estimate of drug-likeness (QED) is 0.878. The van der Waals surface area contributed by atoms with Crippen molar-refractivity contribution in [1.82, 2.24) is 0 Å². The van der Waals surface area contributed by atoms with Crippen LogP contribution < -0.4 is 5.73 Å². The van der Waals surface area contributed by atoms with E-state index in [1.54, 1.807) is 6.07 Å². The number of rotatable bonds is 3. The topological polar surface area (TPSA) is 26.0 Å². The summed E-state index contributed by atoms with van der Waals surface area (Å²) in [5, 5.41) is 0. The van der Waals surface area contributed by atoms with Crippen LogP contribution >= 0.6 is 0 Å². The Bertz CT molecular complexity index is 579. The Hall–Kier alpha value is -1.67. The lowest BCUT2D eigenvalue weighted by atomic mass is 9.74. The summed E-state index contributed by atoms with van der Waals surface area (Å²) >= 11 is 0. The van der Waals surface area contributed by atoms with E-state index in [1.165, 1.54) is 0 Å². The lowest BCUT2D eigenvalue weighted by Gasteiger charge is -2.33. The van der Waals surface area contributed by atoms with E-state index < -0.39 is 0 Å². The number of aryl methyl sites for hydroxylation is 2. The van der Waals surface area contributed by atoms with Gasteiger partial charge in [-0.3, -0.25) is 0 Å². The molecule has 0 spiro atoms. The molecule has 0 bridgehead atoms. The minimum Gasteiger partial charge on any atom is -0.323 e. The number of hydrogen-bond donors (Lipinski definition) is 1. The van der Waals surface area contributed by atoms with Crippen molar-refractivity contribution < 1.29 is 4.39 Å². The normalized spacial score (nSPS) is 13.3. The average Bonchev–Trinajstić information content (AvgIpc) is 2.38. The molecule has 20 heavy (non-hydrogen) atoms. The monoisotopic (exact) mass is 271 g/mol. The van der Waals surface area contributed by atoms with Gasteiger partial charge in [-0.05, 0) is 36.6 Å². The van der Waals surface area contributed by atoms with E-state index in [2.05, 4.69) is 13.8 Å². The molecule has 2 aromatic carbocycles. The van der Waals surface area contributed by atoms with Crippen molar-refractivity contribution in [3.8, 4) is 0 Å². The van der Waals surface area contributed by atoms with Gasteiger partial charge in [0.15, 0.2) is 0 Å². The summed E-state index contributed by atoms with van der Waals surface area (Å²) < 4.78 is 14.3. The van der Waals surface area contributed by atoms with E-state index in [1.807, 2.05) is 50.2 Å². The summed E-state index contributed by atoms with van der Waals surface area (Å²) in [7, 11) is 0. The molecule has 2 aromatic rings. The molecule has 0 aromatic heterocycles. The molecule has 0 saturated carbocycles. The predicted octanol–water partition coefficient (Wildman–Crippen LogP) is 4.42. The largest absolute Gasteiger partial charge is 0.323 e. The molecule has 0 amide bonds. The summed E-state index contributed by atoms with van der Waals surface area (Å²) in [4.78, 5) is 0. The molecular weight excluding hydrogens is 249 g/mol. The molecule has 0 aliphatic carbocycles. The zero-order valence-corrected chi connectivity index (χ0v) is 12.6. The van der Waals surface area contributed by atoms with Gasteiger partial charge in [-0.25, -0.2) is 4.39 Å². The highest BCUT2D eigenvalue weighted by Gasteiger charge is 2.32. The predicted molar refractivity (Wildman–Crippen MR) is 82.3 cm³/mol. The van der Waals surface area contributed by atoms with Gasteiger partial charge in [0.1, 0.15) is 5.82 Å². The molecule has 106 valence electrons. The molecule has 0 radical (unpaired) electrons. The number of hydrogen-bond acceptors (Lipinski definition) is 1. The minimum absolute atomic E-state index is 0.209. The lowest BCUT2D eigenvalue weighted by Crippen LogP contribution is -2.34. The zero-order valence-electron chi connectivity index (χ0n) is 12.6. The molecule has 2 rings (SSSR count). The first-order chi connectivity index (χ1) is 9.34. The summed E-state index contributed by atoms with van der Waals surface area (Å²) in [6.07, 6.45) is 0. The second-order valence-corrected chi connectivity index (χ2v) is 6.04. The molecule has 0 saturated heterocycles. The Balaban J connectivity index is 2.48. The standard InChI is InChI=1S/C18H22FN/c1-12-10-13(2)16(15(19)11-12)17(20)18(3,4)14-8-6-5-7-9-14/h5-11,17H,20H2,1-4H3. The highest BCUT2D eigenvalue weighted by atomic mass is 19.1. The van der Waals surface area contributed by atoms with Crippen LogP contribution in [0.2, 0.25) is 0 Å². The Morgan fingerprint density at radius 1 is 1.05 bits per heavy atom. The van der Waals surface area contributed by atoms with Crippen LogP contribution in [-0.2, 0) is 5.41 Å². The van der Waals surface area contributed by atoms with Crippen molar-refractivity contribution in [2.75, 3.05) is 0 Å². The summed E-state index contributed by atoms with van der Waals surface area (Å²) in [6, 6.07) is 13.2. The Labute approximate surface area is 120 Å². The lowest BCUT2D eigenvalue weighted by molar-refractivity contribution is 0.405. The van der Waals surface area contributed by atoms with Crippen molar-refractivity contribution in [3.05, 3.63) is 70.5 Å². The number of benzene rings is 2. The molecule has 2 heteroatoms.